The first-order valence-corrected chi connectivity index (χ1v) is 13.4. The third-order valence-electron chi connectivity index (χ3n) is 8.77. The van der Waals surface area contributed by atoms with E-state index in [1.165, 1.54) is 54.6 Å². The number of rotatable bonds is 1. The molecule has 0 radical (unpaired) electrons. The molecule has 39 heavy (non-hydrogen) atoms. The Morgan fingerprint density at radius 2 is 1.21 bits per heavy atom. The highest BCUT2D eigenvalue weighted by Crippen LogP contribution is 2.48. The van der Waals surface area contributed by atoms with Gasteiger partial charge in [-0.3, -0.25) is 0 Å². The highest BCUT2D eigenvalue weighted by atomic mass is 16.3. The highest BCUT2D eigenvalue weighted by Gasteiger charge is 2.27. The van der Waals surface area contributed by atoms with Crippen LogP contribution < -0.4 is 0 Å². The van der Waals surface area contributed by atoms with Gasteiger partial charge in [-0.2, -0.15) is 0 Å². The largest absolute Gasteiger partial charge is 0.454 e. The van der Waals surface area contributed by atoms with E-state index < -0.39 is 0 Å². The summed E-state index contributed by atoms with van der Waals surface area (Å²) in [5, 5.41) is 7.35. The average molecular weight is 500 g/mol. The fourth-order valence-electron chi connectivity index (χ4n) is 7.25. The van der Waals surface area contributed by atoms with Crippen molar-refractivity contribution in [1.29, 1.82) is 0 Å². The Morgan fingerprint density at radius 3 is 2.10 bits per heavy atom. The summed E-state index contributed by atoms with van der Waals surface area (Å²) in [7, 11) is 2.18. The summed E-state index contributed by atoms with van der Waals surface area (Å²) >= 11 is 0. The Hall–Kier alpha value is -5.22. The molecule has 182 valence electrons. The first kappa shape index (κ1) is 19.8. The van der Waals surface area contributed by atoms with Crippen molar-refractivity contribution in [2.24, 2.45) is 7.05 Å². The summed E-state index contributed by atoms with van der Waals surface area (Å²) in [6.07, 6.45) is 0. The molecule has 0 atom stereocenters. The van der Waals surface area contributed by atoms with Crippen LogP contribution in [-0.4, -0.2) is 13.5 Å². The highest BCUT2D eigenvalue weighted by molar-refractivity contribution is 6.35. The molecule has 0 saturated heterocycles. The van der Waals surface area contributed by atoms with Gasteiger partial charge in [0.15, 0.2) is 5.58 Å². The van der Waals surface area contributed by atoms with Crippen LogP contribution in [0.5, 0.6) is 0 Å². The van der Waals surface area contributed by atoms with E-state index in [2.05, 4.69) is 130 Å². The van der Waals surface area contributed by atoms with Gasteiger partial charge in [-0.1, -0.05) is 60.7 Å². The molecule has 0 saturated carbocycles. The van der Waals surface area contributed by atoms with Crippen LogP contribution in [0.1, 0.15) is 0 Å². The molecule has 0 N–H and O–H groups in total. The summed E-state index contributed by atoms with van der Waals surface area (Å²) in [6.45, 7) is 0. The standard InChI is InChI=1S/C35H21N3O/c1-36-26-16-9-14-23-29(26)30-27(36)19-18-24-31(30)38(34-22-13-6-8-17-28(22)39-35(24)34)32-21-12-5-7-15-25(21)37(33(23)32)20-10-3-2-4-11-20/h2-19H,1H3. The molecule has 4 nitrogen and oxygen atoms in total. The fraction of sp³-hybridized carbons (Fsp3) is 0.0286. The number of furan rings is 1. The van der Waals surface area contributed by atoms with Gasteiger partial charge < -0.3 is 18.0 Å². The Morgan fingerprint density at radius 1 is 0.487 bits per heavy atom. The third-order valence-corrected chi connectivity index (χ3v) is 8.77. The van der Waals surface area contributed by atoms with Crippen molar-refractivity contribution in [3.63, 3.8) is 0 Å². The molecule has 0 aliphatic rings. The van der Waals surface area contributed by atoms with Crippen molar-refractivity contribution in [2.75, 3.05) is 0 Å². The summed E-state index contributed by atoms with van der Waals surface area (Å²) in [5.74, 6) is 0. The number of aromatic nitrogens is 3. The van der Waals surface area contributed by atoms with Gasteiger partial charge >= 0.3 is 0 Å². The third kappa shape index (κ3) is 2.16. The molecule has 0 amide bonds. The molecule has 0 bridgehead atoms. The van der Waals surface area contributed by atoms with Crippen LogP contribution >= 0.6 is 0 Å². The number of hydrogen-bond donors (Lipinski definition) is 0. The Balaban J connectivity index is 1.69. The number of hydrogen-bond acceptors (Lipinski definition) is 1. The van der Waals surface area contributed by atoms with Crippen molar-refractivity contribution >= 4 is 82.1 Å². The lowest BCUT2D eigenvalue weighted by Gasteiger charge is -2.08. The Labute approximate surface area is 221 Å². The second-order valence-corrected chi connectivity index (χ2v) is 10.6. The van der Waals surface area contributed by atoms with Crippen LogP contribution in [-0.2, 0) is 7.05 Å². The molecule has 0 fully saturated rings. The minimum Gasteiger partial charge on any atom is -0.454 e. The molecule has 0 aliphatic heterocycles. The molecule has 4 heteroatoms. The van der Waals surface area contributed by atoms with Crippen molar-refractivity contribution < 1.29 is 4.42 Å². The predicted octanol–water partition coefficient (Wildman–Crippen LogP) is 9.17. The predicted molar refractivity (Wildman–Crippen MR) is 162 cm³/mol. The first-order valence-electron chi connectivity index (χ1n) is 13.4. The quantitative estimate of drug-likeness (QED) is 0.221. The fourth-order valence-corrected chi connectivity index (χ4v) is 7.25. The molecular weight excluding hydrogens is 478 g/mol. The Bertz CT molecular complexity index is 2610. The van der Waals surface area contributed by atoms with Gasteiger partial charge in [0, 0.05) is 50.6 Å². The number of nitrogens with zero attached hydrogens (tertiary/aromatic N) is 3. The second-order valence-electron chi connectivity index (χ2n) is 10.6. The monoisotopic (exact) mass is 499 g/mol. The van der Waals surface area contributed by atoms with Gasteiger partial charge in [-0.15, -0.1) is 0 Å². The van der Waals surface area contributed by atoms with Crippen LogP contribution in [0.15, 0.2) is 114 Å². The van der Waals surface area contributed by atoms with Crippen LogP contribution in [0.3, 0.4) is 0 Å². The zero-order chi connectivity index (χ0) is 25.4. The zero-order valence-corrected chi connectivity index (χ0v) is 21.1. The van der Waals surface area contributed by atoms with Crippen LogP contribution in [0.4, 0.5) is 0 Å². The van der Waals surface area contributed by atoms with E-state index in [1.807, 2.05) is 0 Å². The van der Waals surface area contributed by atoms with Gasteiger partial charge in [-0.05, 0) is 48.5 Å². The SMILES string of the molecule is Cn1c2cccc3c2c2c1ccc1c4oc5ccccc5c4n(c12)c1c2ccccc2n(-c2ccccc2)c31. The summed E-state index contributed by atoms with van der Waals surface area (Å²) in [5.41, 5.74) is 11.5. The topological polar surface area (TPSA) is 27.4 Å². The van der Waals surface area contributed by atoms with Gasteiger partial charge in [0.2, 0.25) is 0 Å². The van der Waals surface area contributed by atoms with Crippen molar-refractivity contribution in [3.8, 4) is 5.69 Å². The maximum atomic E-state index is 6.62. The second kappa shape index (κ2) is 6.61. The summed E-state index contributed by atoms with van der Waals surface area (Å²) in [4.78, 5) is 0. The smallest absolute Gasteiger partial charge is 0.161 e. The molecule has 0 aliphatic carbocycles. The van der Waals surface area contributed by atoms with Crippen LogP contribution in [0, 0.1) is 0 Å². The van der Waals surface area contributed by atoms with E-state index >= 15 is 0 Å². The number of para-hydroxylation sites is 3. The first-order chi connectivity index (χ1) is 19.3. The van der Waals surface area contributed by atoms with Crippen molar-refractivity contribution in [1.82, 2.24) is 13.5 Å². The molecule has 10 rings (SSSR count). The molecular formula is C35H21N3O. The minimum absolute atomic E-state index is 0.918. The van der Waals surface area contributed by atoms with Gasteiger partial charge in [0.1, 0.15) is 11.1 Å². The van der Waals surface area contributed by atoms with Crippen LogP contribution in [0.2, 0.25) is 0 Å². The van der Waals surface area contributed by atoms with Crippen LogP contribution in [0.25, 0.3) is 87.8 Å². The molecule has 5 heterocycles. The van der Waals surface area contributed by atoms with E-state index in [1.54, 1.807) is 0 Å². The van der Waals surface area contributed by atoms with E-state index in [4.69, 9.17) is 4.42 Å². The maximum Gasteiger partial charge on any atom is 0.161 e. The number of aryl methyl sites for hydroxylation is 1. The summed E-state index contributed by atoms with van der Waals surface area (Å²) < 4.78 is 13.9. The lowest BCUT2D eigenvalue weighted by Crippen LogP contribution is -1.94. The lowest BCUT2D eigenvalue weighted by atomic mass is 10.1. The molecule has 5 aromatic carbocycles. The van der Waals surface area contributed by atoms with Gasteiger partial charge in [0.05, 0.1) is 27.6 Å². The Kier molecular flexibility index (Phi) is 3.36. The van der Waals surface area contributed by atoms with E-state index in [-0.39, 0.29) is 0 Å². The van der Waals surface area contributed by atoms with Crippen molar-refractivity contribution in [3.05, 3.63) is 109 Å². The maximum absolute atomic E-state index is 6.62. The zero-order valence-electron chi connectivity index (χ0n) is 21.1. The molecule has 10 aromatic rings. The molecule has 0 unspecified atom stereocenters. The van der Waals surface area contributed by atoms with Gasteiger partial charge in [0.25, 0.3) is 0 Å². The minimum atomic E-state index is 0.918. The summed E-state index contributed by atoms with van der Waals surface area (Å²) in [6, 6.07) is 39.2. The lowest BCUT2D eigenvalue weighted by molar-refractivity contribution is 0.673. The number of fused-ring (bicyclic) bond motifs is 10. The van der Waals surface area contributed by atoms with E-state index in [0.717, 1.165) is 33.1 Å². The molecule has 5 aromatic heterocycles. The molecule has 0 spiro atoms. The van der Waals surface area contributed by atoms with E-state index in [0.29, 0.717) is 0 Å². The van der Waals surface area contributed by atoms with Gasteiger partial charge in [-0.25, -0.2) is 0 Å². The number of benzene rings is 5. The van der Waals surface area contributed by atoms with Crippen molar-refractivity contribution in [2.45, 2.75) is 0 Å². The normalized spacial score (nSPS) is 12.7. The van der Waals surface area contributed by atoms with E-state index in [9.17, 15) is 0 Å². The average Bonchev–Trinajstić information content (AvgIpc) is 3.68.